The summed E-state index contributed by atoms with van der Waals surface area (Å²) in [5.41, 5.74) is 1.36. The van der Waals surface area contributed by atoms with Crippen molar-refractivity contribution in [2.24, 2.45) is 0 Å². The van der Waals surface area contributed by atoms with Gasteiger partial charge in [-0.25, -0.2) is 0 Å². The molecule has 46 valence electrons. The molecule has 1 heterocycles. The lowest BCUT2D eigenvalue weighted by Crippen LogP contribution is -2.11. The zero-order valence-corrected chi connectivity index (χ0v) is 7.86. The molecule has 0 spiro atoms. The maximum Gasteiger partial charge on any atom is 0.0855 e. The normalized spacial score (nSPS) is 28.6. The molecule has 0 aliphatic carbocycles. The van der Waals surface area contributed by atoms with Crippen LogP contribution in [0.3, 0.4) is 0 Å². The monoisotopic (exact) mass is 241 g/mol. The van der Waals surface area contributed by atoms with Crippen molar-refractivity contribution in [1.82, 2.24) is 3.11 Å². The van der Waals surface area contributed by atoms with Gasteiger partial charge in [0.15, 0.2) is 0 Å². The third-order valence-electron chi connectivity index (χ3n) is 1.09. The van der Waals surface area contributed by atoms with Gasteiger partial charge >= 0.3 is 0 Å². The number of hydrogen-bond donors (Lipinski definition) is 0. The minimum Gasteiger partial charge on any atom is -0.305 e. The van der Waals surface area contributed by atoms with Gasteiger partial charge in [0, 0.05) is 5.70 Å². The zero-order valence-electron chi connectivity index (χ0n) is 4.89. The third kappa shape index (κ3) is 1.13. The number of allylic oxidation sites excluding steroid dienone is 1. The fourth-order valence-electron chi connectivity index (χ4n) is 0.587. The lowest BCUT2D eigenvalue weighted by Gasteiger charge is -2.14. The fourth-order valence-corrected chi connectivity index (χ4v) is 2.09. The predicted molar refractivity (Wildman–Crippen MR) is 46.7 cm³/mol. The number of thioether (sulfide) groups is 1. The summed E-state index contributed by atoms with van der Waals surface area (Å²) < 4.78 is 2.24. The Bertz CT molecular complexity index is 124. The molecule has 8 heavy (non-hydrogen) atoms. The Morgan fingerprint density at radius 3 is 2.62 bits per heavy atom. The Balaban J connectivity index is 2.59. The van der Waals surface area contributed by atoms with Gasteiger partial charge in [0.25, 0.3) is 0 Å². The summed E-state index contributed by atoms with van der Waals surface area (Å²) in [6.07, 6.45) is 0. The van der Waals surface area contributed by atoms with E-state index >= 15 is 0 Å². The van der Waals surface area contributed by atoms with Crippen LogP contribution >= 0.6 is 34.6 Å². The first-order chi connectivity index (χ1) is 3.72. The molecule has 1 nitrogen and oxygen atoms in total. The van der Waals surface area contributed by atoms with Gasteiger partial charge in [0.05, 0.1) is 28.2 Å². The lowest BCUT2D eigenvalue weighted by atomic mass is 10.5. The molecule has 1 unspecified atom stereocenters. The SMILES string of the molecule is CC1=CSC(C)N1I. The predicted octanol–water partition coefficient (Wildman–Crippen LogP) is 2.59. The standard InChI is InChI=1S/C5H8INS/c1-4-3-8-5(2)7(4)6/h3,5H,1-2H3. The first-order valence-electron chi connectivity index (χ1n) is 2.49. The molecule has 0 amide bonds. The number of nitrogens with zero attached hydrogens (tertiary/aromatic N) is 1. The molecule has 1 aliphatic heterocycles. The largest absolute Gasteiger partial charge is 0.305 e. The molecule has 0 bridgehead atoms. The molecule has 0 fully saturated rings. The molecule has 0 N–H and O–H groups in total. The Kier molecular flexibility index (Phi) is 2.08. The molecule has 1 atom stereocenters. The van der Waals surface area contributed by atoms with Crippen LogP contribution in [0.15, 0.2) is 11.1 Å². The minimum atomic E-state index is 0.635. The van der Waals surface area contributed by atoms with Crippen molar-refractivity contribution in [1.29, 1.82) is 0 Å². The second-order valence-corrected chi connectivity index (χ2v) is 4.04. The molecule has 0 saturated heterocycles. The van der Waals surface area contributed by atoms with E-state index < -0.39 is 0 Å². The van der Waals surface area contributed by atoms with Gasteiger partial charge in [-0.3, -0.25) is 0 Å². The Hall–Kier alpha value is 0.620. The molecule has 1 rings (SSSR count). The maximum absolute atomic E-state index is 2.33. The minimum absolute atomic E-state index is 0.635. The van der Waals surface area contributed by atoms with E-state index in [-0.39, 0.29) is 0 Å². The summed E-state index contributed by atoms with van der Waals surface area (Å²) in [5.74, 6) is 0. The Labute approximate surface area is 68.0 Å². The van der Waals surface area contributed by atoms with Crippen molar-refractivity contribution in [2.75, 3.05) is 0 Å². The van der Waals surface area contributed by atoms with Gasteiger partial charge in [-0.15, -0.1) is 11.8 Å². The number of halogens is 1. The Morgan fingerprint density at radius 1 is 1.88 bits per heavy atom. The molecular weight excluding hydrogens is 233 g/mol. The quantitative estimate of drug-likeness (QED) is 0.473. The van der Waals surface area contributed by atoms with Crippen molar-refractivity contribution in [3.8, 4) is 0 Å². The van der Waals surface area contributed by atoms with E-state index in [1.807, 2.05) is 11.8 Å². The zero-order chi connectivity index (χ0) is 6.15. The van der Waals surface area contributed by atoms with Crippen LogP contribution in [0, 0.1) is 0 Å². The van der Waals surface area contributed by atoms with E-state index in [1.54, 1.807) is 0 Å². The summed E-state index contributed by atoms with van der Waals surface area (Å²) in [6, 6.07) is 0. The number of hydrogen-bond acceptors (Lipinski definition) is 2. The van der Waals surface area contributed by atoms with Crippen LogP contribution < -0.4 is 0 Å². The van der Waals surface area contributed by atoms with Crippen LogP contribution in [0.4, 0.5) is 0 Å². The molecule has 0 aromatic rings. The smallest absolute Gasteiger partial charge is 0.0855 e. The van der Waals surface area contributed by atoms with Gasteiger partial charge in [-0.05, 0) is 19.3 Å². The van der Waals surface area contributed by atoms with Crippen molar-refractivity contribution in [3.05, 3.63) is 11.1 Å². The van der Waals surface area contributed by atoms with Crippen LogP contribution in [0.1, 0.15) is 13.8 Å². The molecule has 0 aromatic heterocycles. The highest BCUT2D eigenvalue weighted by atomic mass is 127. The van der Waals surface area contributed by atoms with Crippen molar-refractivity contribution >= 4 is 34.6 Å². The lowest BCUT2D eigenvalue weighted by molar-refractivity contribution is 0.626. The van der Waals surface area contributed by atoms with Crippen LogP contribution in [0.2, 0.25) is 0 Å². The van der Waals surface area contributed by atoms with Crippen molar-refractivity contribution in [3.63, 3.8) is 0 Å². The first kappa shape index (κ1) is 6.74. The number of rotatable bonds is 0. The van der Waals surface area contributed by atoms with Crippen LogP contribution in [-0.2, 0) is 0 Å². The molecule has 0 aromatic carbocycles. The highest BCUT2D eigenvalue weighted by molar-refractivity contribution is 14.1. The van der Waals surface area contributed by atoms with Gasteiger partial charge in [0.1, 0.15) is 0 Å². The fraction of sp³-hybridized carbons (Fsp3) is 0.600. The summed E-state index contributed by atoms with van der Waals surface area (Å²) in [7, 11) is 0. The average molecular weight is 241 g/mol. The Morgan fingerprint density at radius 2 is 2.50 bits per heavy atom. The summed E-state index contributed by atoms with van der Waals surface area (Å²) >= 11 is 4.20. The average Bonchev–Trinajstić information content (AvgIpc) is 1.98. The molecule has 3 heteroatoms. The summed E-state index contributed by atoms with van der Waals surface area (Å²) in [4.78, 5) is 0. The van der Waals surface area contributed by atoms with Gasteiger partial charge in [-0.1, -0.05) is 0 Å². The topological polar surface area (TPSA) is 3.24 Å². The van der Waals surface area contributed by atoms with E-state index in [2.05, 4.69) is 45.2 Å². The van der Waals surface area contributed by atoms with E-state index in [0.717, 1.165) is 0 Å². The van der Waals surface area contributed by atoms with Gasteiger partial charge < -0.3 is 3.11 Å². The van der Waals surface area contributed by atoms with Gasteiger partial charge in [-0.2, -0.15) is 0 Å². The van der Waals surface area contributed by atoms with Crippen LogP contribution in [-0.4, -0.2) is 8.49 Å². The third-order valence-corrected chi connectivity index (χ3v) is 4.15. The summed E-state index contributed by atoms with van der Waals surface area (Å²) in [5, 5.41) is 2.83. The van der Waals surface area contributed by atoms with E-state index in [0.29, 0.717) is 5.37 Å². The van der Waals surface area contributed by atoms with Crippen molar-refractivity contribution < 1.29 is 0 Å². The van der Waals surface area contributed by atoms with Crippen LogP contribution in [0.25, 0.3) is 0 Å². The van der Waals surface area contributed by atoms with Crippen LogP contribution in [0.5, 0.6) is 0 Å². The highest BCUT2D eigenvalue weighted by Crippen LogP contribution is 2.32. The van der Waals surface area contributed by atoms with E-state index in [4.69, 9.17) is 0 Å². The molecule has 0 radical (unpaired) electrons. The second-order valence-electron chi connectivity index (χ2n) is 1.81. The molecule has 1 aliphatic rings. The van der Waals surface area contributed by atoms with E-state index in [1.165, 1.54) is 5.70 Å². The van der Waals surface area contributed by atoms with Gasteiger partial charge in [0.2, 0.25) is 0 Å². The molecular formula is C5H8INS. The molecule has 0 saturated carbocycles. The summed E-state index contributed by atoms with van der Waals surface area (Å²) in [6.45, 7) is 4.33. The van der Waals surface area contributed by atoms with E-state index in [9.17, 15) is 0 Å². The second kappa shape index (κ2) is 2.47. The highest BCUT2D eigenvalue weighted by Gasteiger charge is 2.16. The van der Waals surface area contributed by atoms with Crippen molar-refractivity contribution in [2.45, 2.75) is 19.2 Å². The maximum atomic E-state index is 2.33. The first-order valence-corrected chi connectivity index (χ1v) is 4.40.